The molecule has 7 nitrogen and oxygen atoms in total. The van der Waals surface area contributed by atoms with E-state index >= 15 is 0 Å². The van der Waals surface area contributed by atoms with Crippen molar-refractivity contribution in [1.29, 1.82) is 0 Å². The van der Waals surface area contributed by atoms with Crippen molar-refractivity contribution >= 4 is 16.9 Å². The lowest BCUT2D eigenvalue weighted by Gasteiger charge is -2.20. The first-order valence-electron chi connectivity index (χ1n) is 6.66. The molecule has 0 aliphatic carbocycles. The summed E-state index contributed by atoms with van der Waals surface area (Å²) in [5.41, 5.74) is 3.36. The van der Waals surface area contributed by atoms with E-state index in [1.807, 2.05) is 23.1 Å². The van der Waals surface area contributed by atoms with Gasteiger partial charge >= 0.3 is 5.91 Å². The first-order chi connectivity index (χ1) is 10.2. The molecule has 0 saturated carbocycles. The maximum atomic E-state index is 11.9. The second-order valence-electron chi connectivity index (χ2n) is 4.60. The van der Waals surface area contributed by atoms with Gasteiger partial charge in [0.1, 0.15) is 5.58 Å². The number of furan rings is 1. The zero-order valence-corrected chi connectivity index (χ0v) is 11.6. The van der Waals surface area contributed by atoms with Crippen LogP contribution in [0.25, 0.3) is 11.0 Å². The van der Waals surface area contributed by atoms with Crippen molar-refractivity contribution in [2.24, 2.45) is 5.84 Å². The maximum Gasteiger partial charge on any atom is 0.301 e. The first-order valence-corrected chi connectivity index (χ1v) is 6.66. The second kappa shape index (κ2) is 7.19. The number of carbonyl (C=O) groups excluding carboxylic acids is 1. The van der Waals surface area contributed by atoms with Crippen LogP contribution >= 0.6 is 0 Å². The second-order valence-corrected chi connectivity index (χ2v) is 4.60. The topological polar surface area (TPSA) is 112 Å². The predicted molar refractivity (Wildman–Crippen MR) is 77.3 cm³/mol. The van der Waals surface area contributed by atoms with E-state index in [2.05, 4.69) is 5.43 Å². The number of para-hydroxylation sites is 1. The molecular formula is C14H19N3O4. The van der Waals surface area contributed by atoms with E-state index in [4.69, 9.17) is 20.5 Å². The lowest BCUT2D eigenvalue weighted by Crippen LogP contribution is -2.33. The van der Waals surface area contributed by atoms with Gasteiger partial charge in [0.2, 0.25) is 0 Å². The Bertz CT molecular complexity index is 605. The minimum Gasteiger partial charge on any atom is -0.451 e. The molecule has 0 aliphatic heterocycles. The Labute approximate surface area is 121 Å². The lowest BCUT2D eigenvalue weighted by molar-refractivity contribution is 0.0924. The van der Waals surface area contributed by atoms with Crippen molar-refractivity contribution in [2.45, 2.75) is 6.54 Å². The quantitative estimate of drug-likeness (QED) is 0.320. The minimum atomic E-state index is -0.505. The molecule has 0 saturated heterocycles. The molecule has 0 spiro atoms. The number of fused-ring (bicyclic) bond motifs is 1. The van der Waals surface area contributed by atoms with Crippen molar-refractivity contribution < 1.29 is 19.4 Å². The number of nitrogens with zero attached hydrogens (tertiary/aromatic N) is 1. The molecule has 2 aromatic rings. The predicted octanol–water partition coefficient (Wildman–Crippen LogP) is -0.177. The van der Waals surface area contributed by atoms with Gasteiger partial charge in [-0.05, 0) is 6.07 Å². The van der Waals surface area contributed by atoms with Crippen LogP contribution < -0.4 is 11.3 Å². The van der Waals surface area contributed by atoms with Crippen LogP contribution in [-0.4, -0.2) is 47.3 Å². The average Bonchev–Trinajstić information content (AvgIpc) is 2.86. The van der Waals surface area contributed by atoms with E-state index < -0.39 is 5.91 Å². The van der Waals surface area contributed by atoms with Gasteiger partial charge in [-0.3, -0.25) is 15.1 Å². The monoisotopic (exact) mass is 293 g/mol. The van der Waals surface area contributed by atoms with Gasteiger partial charge in [-0.25, -0.2) is 5.84 Å². The number of hydrazine groups is 1. The molecule has 0 atom stereocenters. The van der Waals surface area contributed by atoms with Gasteiger partial charge in [0.05, 0.1) is 13.2 Å². The number of nitrogens with two attached hydrogens (primary N) is 1. The smallest absolute Gasteiger partial charge is 0.301 e. The van der Waals surface area contributed by atoms with Gasteiger partial charge in [0, 0.05) is 30.6 Å². The molecule has 0 unspecified atom stereocenters. The average molecular weight is 293 g/mol. The van der Waals surface area contributed by atoms with E-state index in [-0.39, 0.29) is 19.0 Å². The standard InChI is InChI=1S/C14H19N3O4/c15-16-14(20)13-11(9-17(5-7-18)6-8-19)10-3-1-2-4-12(10)21-13/h1-4,18-19H,5-9,15H2,(H,16,20). The van der Waals surface area contributed by atoms with Gasteiger partial charge in [0.25, 0.3) is 0 Å². The van der Waals surface area contributed by atoms with E-state index in [1.54, 1.807) is 6.07 Å². The summed E-state index contributed by atoms with van der Waals surface area (Å²) in [6.07, 6.45) is 0. The Hall–Kier alpha value is -1.93. The van der Waals surface area contributed by atoms with Gasteiger partial charge in [-0.1, -0.05) is 18.2 Å². The lowest BCUT2D eigenvalue weighted by atomic mass is 10.1. The number of carbonyl (C=O) groups is 1. The van der Waals surface area contributed by atoms with Gasteiger partial charge in [0.15, 0.2) is 5.76 Å². The maximum absolute atomic E-state index is 11.9. The molecular weight excluding hydrogens is 274 g/mol. The van der Waals surface area contributed by atoms with E-state index in [0.717, 1.165) is 5.39 Å². The number of nitrogens with one attached hydrogen (secondary N) is 1. The third-order valence-electron chi connectivity index (χ3n) is 3.25. The van der Waals surface area contributed by atoms with E-state index in [1.165, 1.54) is 0 Å². The molecule has 7 heteroatoms. The Kier molecular flexibility index (Phi) is 5.29. The van der Waals surface area contributed by atoms with E-state index in [9.17, 15) is 4.79 Å². The summed E-state index contributed by atoms with van der Waals surface area (Å²) in [7, 11) is 0. The summed E-state index contributed by atoms with van der Waals surface area (Å²) in [6, 6.07) is 7.30. The summed E-state index contributed by atoms with van der Waals surface area (Å²) < 4.78 is 5.57. The van der Waals surface area contributed by atoms with Crippen LogP contribution in [0.5, 0.6) is 0 Å². The van der Waals surface area contributed by atoms with Gasteiger partial charge in [-0.2, -0.15) is 0 Å². The zero-order valence-electron chi connectivity index (χ0n) is 11.6. The zero-order chi connectivity index (χ0) is 15.2. The number of amides is 1. The summed E-state index contributed by atoms with van der Waals surface area (Å²) in [6.45, 7) is 1.09. The number of aliphatic hydroxyl groups excluding tert-OH is 2. The Balaban J connectivity index is 2.41. The molecule has 0 fully saturated rings. The third kappa shape index (κ3) is 3.40. The number of benzene rings is 1. The highest BCUT2D eigenvalue weighted by atomic mass is 16.3. The number of rotatable bonds is 7. The van der Waals surface area contributed by atoms with Crippen LogP contribution in [0.3, 0.4) is 0 Å². The van der Waals surface area contributed by atoms with Crippen molar-refractivity contribution in [1.82, 2.24) is 10.3 Å². The van der Waals surface area contributed by atoms with Crippen LogP contribution in [0.2, 0.25) is 0 Å². The van der Waals surface area contributed by atoms with Gasteiger partial charge < -0.3 is 14.6 Å². The Morgan fingerprint density at radius 2 is 1.90 bits per heavy atom. The minimum absolute atomic E-state index is 0.0335. The third-order valence-corrected chi connectivity index (χ3v) is 3.25. The molecule has 0 radical (unpaired) electrons. The Morgan fingerprint density at radius 3 is 2.52 bits per heavy atom. The molecule has 21 heavy (non-hydrogen) atoms. The number of nitrogen functional groups attached to an aromatic ring is 1. The highest BCUT2D eigenvalue weighted by molar-refractivity contribution is 5.98. The molecule has 1 heterocycles. The van der Waals surface area contributed by atoms with Crippen LogP contribution in [0.4, 0.5) is 0 Å². The number of hydrogen-bond donors (Lipinski definition) is 4. The largest absolute Gasteiger partial charge is 0.451 e. The van der Waals surface area contributed by atoms with Crippen LogP contribution in [0, 0.1) is 0 Å². The normalized spacial score (nSPS) is 11.2. The number of aliphatic hydroxyl groups is 2. The Morgan fingerprint density at radius 1 is 1.24 bits per heavy atom. The molecule has 5 N–H and O–H groups in total. The molecule has 2 rings (SSSR count). The summed E-state index contributed by atoms with van der Waals surface area (Å²) >= 11 is 0. The van der Waals surface area contributed by atoms with Crippen LogP contribution in [0.15, 0.2) is 28.7 Å². The van der Waals surface area contributed by atoms with Crippen molar-refractivity contribution in [3.63, 3.8) is 0 Å². The summed E-state index contributed by atoms with van der Waals surface area (Å²) in [5, 5.41) is 19.0. The molecule has 1 amide bonds. The van der Waals surface area contributed by atoms with Crippen molar-refractivity contribution in [3.8, 4) is 0 Å². The fourth-order valence-corrected chi connectivity index (χ4v) is 2.28. The fourth-order valence-electron chi connectivity index (χ4n) is 2.28. The fraction of sp³-hybridized carbons (Fsp3) is 0.357. The summed E-state index contributed by atoms with van der Waals surface area (Å²) in [5.74, 6) is 4.84. The summed E-state index contributed by atoms with van der Waals surface area (Å²) in [4.78, 5) is 13.7. The molecule has 114 valence electrons. The molecule has 0 bridgehead atoms. The van der Waals surface area contributed by atoms with Crippen molar-refractivity contribution in [2.75, 3.05) is 26.3 Å². The van der Waals surface area contributed by atoms with Crippen molar-refractivity contribution in [3.05, 3.63) is 35.6 Å². The van der Waals surface area contributed by atoms with E-state index in [0.29, 0.717) is 30.8 Å². The molecule has 1 aromatic carbocycles. The highest BCUT2D eigenvalue weighted by Crippen LogP contribution is 2.27. The molecule has 1 aromatic heterocycles. The SMILES string of the molecule is NNC(=O)c1oc2ccccc2c1CN(CCO)CCO. The van der Waals surface area contributed by atoms with Gasteiger partial charge in [-0.15, -0.1) is 0 Å². The van der Waals surface area contributed by atoms with Crippen LogP contribution in [0.1, 0.15) is 16.1 Å². The number of hydrogen-bond acceptors (Lipinski definition) is 6. The molecule has 0 aliphatic rings. The highest BCUT2D eigenvalue weighted by Gasteiger charge is 2.21. The first kappa shape index (κ1) is 15.5. The van der Waals surface area contributed by atoms with Crippen LogP contribution in [-0.2, 0) is 6.54 Å².